The first-order valence-electron chi connectivity index (χ1n) is 6.65. The first-order valence-corrected chi connectivity index (χ1v) is 6.65. The largest absolute Gasteiger partial charge is 0.506 e. The van der Waals surface area contributed by atoms with E-state index in [4.69, 9.17) is 4.42 Å². The minimum atomic E-state index is -0.371. The van der Waals surface area contributed by atoms with E-state index >= 15 is 0 Å². The highest BCUT2D eigenvalue weighted by Gasteiger charge is 2.18. The Bertz CT molecular complexity index is 833. The number of aryl methyl sites for hydroxylation is 2. The van der Waals surface area contributed by atoms with Crippen LogP contribution in [0.4, 0.5) is 5.69 Å². The van der Waals surface area contributed by atoms with Crippen molar-refractivity contribution in [1.82, 2.24) is 0 Å². The number of rotatable bonds is 2. The van der Waals surface area contributed by atoms with Crippen LogP contribution in [0, 0.1) is 13.8 Å². The quantitative estimate of drug-likeness (QED) is 0.698. The van der Waals surface area contributed by atoms with Gasteiger partial charge in [0.15, 0.2) is 5.76 Å². The van der Waals surface area contributed by atoms with E-state index < -0.39 is 0 Å². The number of nitrogens with one attached hydrogen (secondary N) is 1. The number of fused-ring (bicyclic) bond motifs is 1. The van der Waals surface area contributed by atoms with Gasteiger partial charge < -0.3 is 14.8 Å². The summed E-state index contributed by atoms with van der Waals surface area (Å²) < 4.78 is 5.61. The van der Waals surface area contributed by atoms with Crippen LogP contribution in [-0.2, 0) is 0 Å². The molecule has 4 heteroatoms. The Morgan fingerprint density at radius 2 is 1.90 bits per heavy atom. The molecule has 0 aliphatic rings. The maximum atomic E-state index is 12.4. The monoisotopic (exact) mass is 281 g/mol. The normalized spacial score (nSPS) is 10.8. The Morgan fingerprint density at radius 1 is 1.14 bits per heavy atom. The number of carbonyl (C=O) groups is 1. The summed E-state index contributed by atoms with van der Waals surface area (Å²) >= 11 is 0. The first-order chi connectivity index (χ1) is 10.1. The van der Waals surface area contributed by atoms with Crippen LogP contribution in [0.15, 0.2) is 46.9 Å². The lowest BCUT2D eigenvalue weighted by molar-refractivity contribution is 0.0997. The molecule has 2 aromatic carbocycles. The molecule has 0 saturated carbocycles. The Morgan fingerprint density at radius 3 is 2.67 bits per heavy atom. The summed E-state index contributed by atoms with van der Waals surface area (Å²) in [5.74, 6) is -0.0792. The first kappa shape index (κ1) is 13.2. The van der Waals surface area contributed by atoms with E-state index in [1.165, 1.54) is 0 Å². The number of amides is 1. The van der Waals surface area contributed by atoms with Crippen molar-refractivity contribution in [2.24, 2.45) is 0 Å². The highest BCUT2D eigenvalue weighted by atomic mass is 16.3. The number of anilines is 1. The minimum Gasteiger partial charge on any atom is -0.506 e. The van der Waals surface area contributed by atoms with Crippen molar-refractivity contribution in [3.05, 3.63) is 59.4 Å². The molecule has 1 aromatic heterocycles. The van der Waals surface area contributed by atoms with Crippen LogP contribution in [0.5, 0.6) is 5.75 Å². The third kappa shape index (κ3) is 2.36. The van der Waals surface area contributed by atoms with E-state index in [-0.39, 0.29) is 17.4 Å². The zero-order chi connectivity index (χ0) is 15.0. The van der Waals surface area contributed by atoms with Gasteiger partial charge in [-0.25, -0.2) is 0 Å². The standard InChI is InChI=1S/C17H15NO3/c1-10-7-8-14(19)13(9-10)18-17(20)16-11(2)12-5-3-4-6-15(12)21-16/h3-9,19H,1-2H3,(H,18,20). The second-order valence-electron chi connectivity index (χ2n) is 5.03. The molecule has 0 radical (unpaired) electrons. The summed E-state index contributed by atoms with van der Waals surface area (Å²) in [6.07, 6.45) is 0. The smallest absolute Gasteiger partial charge is 0.291 e. The molecule has 0 aliphatic heterocycles. The summed E-state index contributed by atoms with van der Waals surface area (Å²) in [5.41, 5.74) is 2.79. The van der Waals surface area contributed by atoms with E-state index in [1.807, 2.05) is 38.1 Å². The average molecular weight is 281 g/mol. The molecule has 0 atom stereocenters. The number of hydrogen-bond acceptors (Lipinski definition) is 3. The fraction of sp³-hybridized carbons (Fsp3) is 0.118. The molecular weight excluding hydrogens is 266 g/mol. The molecule has 0 spiro atoms. The summed E-state index contributed by atoms with van der Waals surface area (Å²) in [4.78, 5) is 12.4. The summed E-state index contributed by atoms with van der Waals surface area (Å²) in [5, 5.41) is 13.4. The van der Waals surface area contributed by atoms with Gasteiger partial charge in [-0.3, -0.25) is 4.79 Å². The molecule has 0 bridgehead atoms. The molecule has 106 valence electrons. The van der Waals surface area contributed by atoms with E-state index in [1.54, 1.807) is 18.2 Å². The average Bonchev–Trinajstić information content (AvgIpc) is 2.81. The Hall–Kier alpha value is -2.75. The second-order valence-corrected chi connectivity index (χ2v) is 5.03. The van der Waals surface area contributed by atoms with Crippen molar-refractivity contribution >= 4 is 22.6 Å². The van der Waals surface area contributed by atoms with Gasteiger partial charge in [-0.2, -0.15) is 0 Å². The SMILES string of the molecule is Cc1ccc(O)c(NC(=O)c2oc3ccccc3c2C)c1. The molecule has 0 saturated heterocycles. The van der Waals surface area contributed by atoms with Crippen LogP contribution in [0.25, 0.3) is 11.0 Å². The van der Waals surface area contributed by atoms with Crippen molar-refractivity contribution in [3.63, 3.8) is 0 Å². The number of aromatic hydroxyl groups is 1. The van der Waals surface area contributed by atoms with Gasteiger partial charge in [-0.1, -0.05) is 24.3 Å². The van der Waals surface area contributed by atoms with Crippen LogP contribution in [0.3, 0.4) is 0 Å². The number of hydrogen-bond donors (Lipinski definition) is 2. The maximum absolute atomic E-state index is 12.4. The van der Waals surface area contributed by atoms with Gasteiger partial charge >= 0.3 is 0 Å². The van der Waals surface area contributed by atoms with E-state index in [9.17, 15) is 9.90 Å². The van der Waals surface area contributed by atoms with Crippen molar-refractivity contribution in [3.8, 4) is 5.75 Å². The molecule has 1 amide bonds. The van der Waals surface area contributed by atoms with Gasteiger partial charge in [-0.15, -0.1) is 0 Å². The molecule has 3 rings (SSSR count). The molecule has 21 heavy (non-hydrogen) atoms. The zero-order valence-electron chi connectivity index (χ0n) is 11.8. The molecule has 4 nitrogen and oxygen atoms in total. The number of phenols is 1. The fourth-order valence-corrected chi connectivity index (χ4v) is 2.32. The Labute approximate surface area is 122 Å². The summed E-state index contributed by atoms with van der Waals surface area (Å²) in [6, 6.07) is 12.5. The third-order valence-electron chi connectivity index (χ3n) is 3.45. The van der Waals surface area contributed by atoms with Gasteiger partial charge in [0.1, 0.15) is 11.3 Å². The van der Waals surface area contributed by atoms with Crippen molar-refractivity contribution in [2.45, 2.75) is 13.8 Å². The van der Waals surface area contributed by atoms with Crippen molar-refractivity contribution in [1.29, 1.82) is 0 Å². The zero-order valence-corrected chi connectivity index (χ0v) is 11.8. The van der Waals surface area contributed by atoms with Crippen LogP contribution >= 0.6 is 0 Å². The Kier molecular flexibility index (Phi) is 3.14. The molecule has 1 heterocycles. The van der Waals surface area contributed by atoms with Crippen LogP contribution < -0.4 is 5.32 Å². The predicted octanol–water partition coefficient (Wildman–Crippen LogP) is 4.01. The lowest BCUT2D eigenvalue weighted by Crippen LogP contribution is -2.12. The molecule has 0 fully saturated rings. The minimum absolute atomic E-state index is 0.0303. The van der Waals surface area contributed by atoms with Crippen molar-refractivity contribution < 1.29 is 14.3 Å². The highest BCUT2D eigenvalue weighted by Crippen LogP contribution is 2.28. The van der Waals surface area contributed by atoms with Crippen LogP contribution in [-0.4, -0.2) is 11.0 Å². The lowest BCUT2D eigenvalue weighted by Gasteiger charge is -2.07. The van der Waals surface area contributed by atoms with Gasteiger partial charge in [0.05, 0.1) is 5.69 Å². The van der Waals surface area contributed by atoms with Gasteiger partial charge in [0.25, 0.3) is 5.91 Å². The van der Waals surface area contributed by atoms with E-state index in [2.05, 4.69) is 5.32 Å². The predicted molar refractivity (Wildman–Crippen MR) is 81.7 cm³/mol. The van der Waals surface area contributed by atoms with Gasteiger partial charge in [-0.05, 0) is 37.6 Å². The van der Waals surface area contributed by atoms with E-state index in [0.29, 0.717) is 11.3 Å². The highest BCUT2D eigenvalue weighted by molar-refractivity contribution is 6.07. The lowest BCUT2D eigenvalue weighted by atomic mass is 10.1. The molecule has 0 aliphatic carbocycles. The number of benzene rings is 2. The fourth-order valence-electron chi connectivity index (χ4n) is 2.32. The summed E-state index contributed by atoms with van der Waals surface area (Å²) in [6.45, 7) is 3.73. The van der Waals surface area contributed by atoms with Gasteiger partial charge in [0, 0.05) is 10.9 Å². The maximum Gasteiger partial charge on any atom is 0.291 e. The number of para-hydroxylation sites is 1. The van der Waals surface area contributed by atoms with Crippen LogP contribution in [0.2, 0.25) is 0 Å². The molecule has 2 N–H and O–H groups in total. The number of carbonyl (C=O) groups excluding carboxylic acids is 1. The third-order valence-corrected chi connectivity index (χ3v) is 3.45. The Balaban J connectivity index is 1.97. The number of furan rings is 1. The van der Waals surface area contributed by atoms with Gasteiger partial charge in [0.2, 0.25) is 0 Å². The van der Waals surface area contributed by atoms with Crippen LogP contribution in [0.1, 0.15) is 21.7 Å². The molecular formula is C17H15NO3. The molecule has 3 aromatic rings. The molecule has 0 unspecified atom stereocenters. The number of phenolic OH excluding ortho intramolecular Hbond substituents is 1. The summed E-state index contributed by atoms with van der Waals surface area (Å²) in [7, 11) is 0. The topological polar surface area (TPSA) is 62.5 Å². The van der Waals surface area contributed by atoms with E-state index in [0.717, 1.165) is 16.5 Å². The van der Waals surface area contributed by atoms with Crippen molar-refractivity contribution in [2.75, 3.05) is 5.32 Å². The second kappa shape index (κ2) is 4.98.